The van der Waals surface area contributed by atoms with Gasteiger partial charge in [0.25, 0.3) is 0 Å². The van der Waals surface area contributed by atoms with Crippen molar-refractivity contribution in [3.8, 4) is 0 Å². The number of rotatable bonds is 2. The van der Waals surface area contributed by atoms with Crippen molar-refractivity contribution in [2.45, 2.75) is 18.3 Å². The molecule has 1 heterocycles. The molecule has 0 amide bonds. The van der Waals surface area contributed by atoms with Crippen molar-refractivity contribution in [1.29, 1.82) is 0 Å². The van der Waals surface area contributed by atoms with Crippen molar-refractivity contribution in [3.63, 3.8) is 0 Å². The molecule has 1 aliphatic rings. The number of hydrogen-bond donors (Lipinski definition) is 1. The molecule has 0 spiro atoms. The molecule has 0 unspecified atom stereocenters. The van der Waals surface area contributed by atoms with Crippen molar-refractivity contribution in [2.24, 2.45) is 0 Å². The number of piperidine rings is 1. The molecule has 92 valence electrons. The van der Waals surface area contributed by atoms with Gasteiger partial charge in [-0.15, -0.1) is 0 Å². The summed E-state index contributed by atoms with van der Waals surface area (Å²) in [6.45, 7) is 1.36. The predicted molar refractivity (Wildman–Crippen MR) is 62.4 cm³/mol. The summed E-state index contributed by atoms with van der Waals surface area (Å²) < 4.78 is 13.8. The van der Waals surface area contributed by atoms with E-state index >= 15 is 0 Å². The van der Waals surface area contributed by atoms with Crippen LogP contribution in [0.3, 0.4) is 0 Å². The summed E-state index contributed by atoms with van der Waals surface area (Å²) in [6.07, 6.45) is 0.916. The van der Waals surface area contributed by atoms with Crippen LogP contribution in [0, 0.1) is 5.82 Å². The molecule has 0 aliphatic carbocycles. The van der Waals surface area contributed by atoms with Gasteiger partial charge in [0.15, 0.2) is 0 Å². The van der Waals surface area contributed by atoms with E-state index in [1.165, 1.54) is 6.07 Å². The van der Waals surface area contributed by atoms with E-state index in [4.69, 9.17) is 0 Å². The molecule has 0 radical (unpaired) electrons. The molecule has 17 heavy (non-hydrogen) atoms. The number of benzene rings is 1. The van der Waals surface area contributed by atoms with Crippen molar-refractivity contribution >= 4 is 5.97 Å². The monoisotopic (exact) mass is 237 g/mol. The van der Waals surface area contributed by atoms with E-state index in [1.807, 2.05) is 7.05 Å². The first kappa shape index (κ1) is 12.0. The Morgan fingerprint density at radius 2 is 1.94 bits per heavy atom. The fraction of sp³-hybridized carbons (Fsp3) is 0.462. The number of aliphatic carboxylic acids is 1. The SMILES string of the molecule is CN1CCC(C(=O)O)(c2ccccc2F)CC1. The number of hydrogen-bond acceptors (Lipinski definition) is 2. The molecule has 1 saturated heterocycles. The second-order valence-corrected chi connectivity index (χ2v) is 4.67. The highest BCUT2D eigenvalue weighted by Crippen LogP contribution is 2.36. The maximum Gasteiger partial charge on any atom is 0.314 e. The van der Waals surface area contributed by atoms with Crippen molar-refractivity contribution in [2.75, 3.05) is 20.1 Å². The second kappa shape index (κ2) is 4.45. The maximum atomic E-state index is 13.8. The Kier molecular flexibility index (Phi) is 3.15. The van der Waals surface area contributed by atoms with Gasteiger partial charge in [0.2, 0.25) is 0 Å². The molecule has 0 bridgehead atoms. The zero-order chi connectivity index (χ0) is 12.5. The minimum atomic E-state index is -1.06. The smallest absolute Gasteiger partial charge is 0.314 e. The molecule has 4 heteroatoms. The molecule has 1 N–H and O–H groups in total. The highest BCUT2D eigenvalue weighted by atomic mass is 19.1. The Morgan fingerprint density at radius 1 is 1.35 bits per heavy atom. The first-order chi connectivity index (χ1) is 8.06. The van der Waals surface area contributed by atoms with Gasteiger partial charge in [0.1, 0.15) is 5.82 Å². The summed E-state index contributed by atoms with van der Waals surface area (Å²) in [6, 6.07) is 6.21. The lowest BCUT2D eigenvalue weighted by atomic mass is 9.72. The highest BCUT2D eigenvalue weighted by Gasteiger charge is 2.44. The lowest BCUT2D eigenvalue weighted by molar-refractivity contribution is -0.146. The van der Waals surface area contributed by atoms with Crippen LogP contribution in [-0.2, 0) is 10.2 Å². The van der Waals surface area contributed by atoms with Crippen LogP contribution < -0.4 is 0 Å². The van der Waals surface area contributed by atoms with Crippen LogP contribution in [0.2, 0.25) is 0 Å². The van der Waals surface area contributed by atoms with Gasteiger partial charge in [-0.1, -0.05) is 18.2 Å². The molecule has 1 aromatic carbocycles. The second-order valence-electron chi connectivity index (χ2n) is 4.67. The van der Waals surface area contributed by atoms with Gasteiger partial charge >= 0.3 is 5.97 Å². The normalized spacial score (nSPS) is 20.1. The zero-order valence-electron chi connectivity index (χ0n) is 9.82. The number of nitrogens with zero attached hydrogens (tertiary/aromatic N) is 1. The Morgan fingerprint density at radius 3 is 2.47 bits per heavy atom. The molecule has 1 fully saturated rings. The van der Waals surface area contributed by atoms with E-state index in [1.54, 1.807) is 18.2 Å². The topological polar surface area (TPSA) is 40.5 Å². The lowest BCUT2D eigenvalue weighted by Crippen LogP contribution is -2.46. The van der Waals surface area contributed by atoms with Gasteiger partial charge in [-0.05, 0) is 39.0 Å². The fourth-order valence-corrected chi connectivity index (χ4v) is 2.45. The maximum absolute atomic E-state index is 13.8. The fourth-order valence-electron chi connectivity index (χ4n) is 2.45. The van der Waals surface area contributed by atoms with Gasteiger partial charge < -0.3 is 10.0 Å². The number of halogens is 1. The summed E-state index contributed by atoms with van der Waals surface area (Å²) in [7, 11) is 1.95. The van der Waals surface area contributed by atoms with Crippen molar-refractivity contribution in [3.05, 3.63) is 35.6 Å². The third kappa shape index (κ3) is 2.05. The number of carbonyl (C=O) groups is 1. The lowest BCUT2D eigenvalue weighted by Gasteiger charge is -2.37. The van der Waals surface area contributed by atoms with E-state index in [9.17, 15) is 14.3 Å². The van der Waals surface area contributed by atoms with Crippen LogP contribution in [-0.4, -0.2) is 36.1 Å². The Bertz CT molecular complexity index is 425. The first-order valence-electron chi connectivity index (χ1n) is 5.73. The van der Waals surface area contributed by atoms with E-state index in [-0.39, 0.29) is 0 Å². The number of carboxylic acids is 1. The standard InChI is InChI=1S/C13H16FNO2/c1-15-8-6-13(7-9-15,12(16)17)10-4-2-3-5-11(10)14/h2-5H,6-9H2,1H3,(H,16,17). The molecule has 0 saturated carbocycles. The van der Waals surface area contributed by atoms with E-state index in [0.29, 0.717) is 31.5 Å². The van der Waals surface area contributed by atoms with Gasteiger partial charge in [-0.3, -0.25) is 4.79 Å². The van der Waals surface area contributed by atoms with Gasteiger partial charge in [0, 0.05) is 5.56 Å². The third-order valence-corrected chi connectivity index (χ3v) is 3.64. The van der Waals surface area contributed by atoms with E-state index in [0.717, 1.165) is 0 Å². The number of carboxylic acid groups (broad SMARTS) is 1. The van der Waals surface area contributed by atoms with Crippen LogP contribution in [0.15, 0.2) is 24.3 Å². The van der Waals surface area contributed by atoms with Crippen LogP contribution in [0.1, 0.15) is 18.4 Å². The van der Waals surface area contributed by atoms with Crippen molar-refractivity contribution in [1.82, 2.24) is 4.90 Å². The zero-order valence-corrected chi connectivity index (χ0v) is 9.82. The van der Waals surface area contributed by atoms with Crippen LogP contribution in [0.4, 0.5) is 4.39 Å². The summed E-state index contributed by atoms with van der Waals surface area (Å²) in [5.74, 6) is -1.34. The van der Waals surface area contributed by atoms with Crippen molar-refractivity contribution < 1.29 is 14.3 Å². The van der Waals surface area contributed by atoms with Crippen LogP contribution in [0.25, 0.3) is 0 Å². The van der Waals surface area contributed by atoms with Crippen LogP contribution >= 0.6 is 0 Å². The van der Waals surface area contributed by atoms with E-state index in [2.05, 4.69) is 4.90 Å². The molecule has 0 aromatic heterocycles. The molecule has 0 atom stereocenters. The number of likely N-dealkylation sites (tertiary alicyclic amines) is 1. The molecule has 2 rings (SSSR count). The average molecular weight is 237 g/mol. The average Bonchev–Trinajstić information content (AvgIpc) is 2.31. The predicted octanol–water partition coefficient (Wildman–Crippen LogP) is 1.87. The van der Waals surface area contributed by atoms with Crippen LogP contribution in [0.5, 0.6) is 0 Å². The molecular weight excluding hydrogens is 221 g/mol. The third-order valence-electron chi connectivity index (χ3n) is 3.64. The summed E-state index contributed by atoms with van der Waals surface area (Å²) in [5, 5.41) is 9.47. The van der Waals surface area contributed by atoms with Gasteiger partial charge in [-0.25, -0.2) is 4.39 Å². The molecule has 3 nitrogen and oxygen atoms in total. The first-order valence-corrected chi connectivity index (χ1v) is 5.73. The molecular formula is C13H16FNO2. The summed E-state index contributed by atoms with van der Waals surface area (Å²) in [4.78, 5) is 13.6. The van der Waals surface area contributed by atoms with Gasteiger partial charge in [-0.2, -0.15) is 0 Å². The van der Waals surface area contributed by atoms with Gasteiger partial charge in [0.05, 0.1) is 5.41 Å². The summed E-state index contributed by atoms with van der Waals surface area (Å²) in [5.41, 5.74) is -0.738. The highest BCUT2D eigenvalue weighted by molar-refractivity contribution is 5.81. The Labute approximate surface area is 99.9 Å². The Balaban J connectivity index is 2.42. The quantitative estimate of drug-likeness (QED) is 0.853. The van der Waals surface area contributed by atoms with E-state index < -0.39 is 17.2 Å². The minimum absolute atomic E-state index is 0.320. The minimum Gasteiger partial charge on any atom is -0.481 e. The molecule has 1 aliphatic heterocycles. The molecule has 1 aromatic rings. The largest absolute Gasteiger partial charge is 0.481 e. The Hall–Kier alpha value is -1.42. The summed E-state index contributed by atoms with van der Waals surface area (Å²) >= 11 is 0.